The number of nitrogens with zero attached hydrogens (tertiary/aromatic N) is 3. The van der Waals surface area contributed by atoms with Crippen molar-refractivity contribution in [3.05, 3.63) is 86.8 Å². The lowest BCUT2D eigenvalue weighted by molar-refractivity contribution is -0.121. The van der Waals surface area contributed by atoms with E-state index in [1.54, 1.807) is 31.2 Å². The van der Waals surface area contributed by atoms with Gasteiger partial charge in [-0.05, 0) is 116 Å². The van der Waals surface area contributed by atoms with Gasteiger partial charge in [0.05, 0.1) is 19.9 Å². The van der Waals surface area contributed by atoms with Gasteiger partial charge in [0.2, 0.25) is 0 Å². The maximum atomic E-state index is 12.8. The SMILES string of the molecule is COCc1cc(C)n(CC(=O)N/N=C\c2ccc(OCC(=O)Nc3ccc(C45CC6CC(CC(C6)C4)C5)cc3)c(OC)c2)c(=O)c1C#N. The topological polar surface area (TPSA) is 144 Å². The van der Waals surface area contributed by atoms with Gasteiger partial charge in [0, 0.05) is 24.1 Å². The fourth-order valence-electron chi connectivity index (χ4n) is 8.37. The van der Waals surface area contributed by atoms with E-state index in [0.717, 1.165) is 23.4 Å². The zero-order valence-electron chi connectivity index (χ0n) is 27.6. The quantitative estimate of drug-likeness (QED) is 0.211. The number of aryl methyl sites for hydroxylation is 1. The predicted octanol–water partition coefficient (Wildman–Crippen LogP) is 4.82. The summed E-state index contributed by atoms with van der Waals surface area (Å²) in [6.45, 7) is 1.29. The maximum absolute atomic E-state index is 12.8. The zero-order chi connectivity index (χ0) is 33.8. The Morgan fingerprint density at radius 1 is 1.00 bits per heavy atom. The molecule has 4 aliphatic carbocycles. The molecule has 11 heteroatoms. The number of pyridine rings is 1. The molecular formula is C37H41N5O6. The molecule has 4 aliphatic rings. The largest absolute Gasteiger partial charge is 0.493 e. The number of hydrazone groups is 1. The van der Waals surface area contributed by atoms with Crippen LogP contribution in [0, 0.1) is 36.0 Å². The fraction of sp³-hybridized carbons (Fsp3) is 0.432. The first kappa shape index (κ1) is 33.0. The van der Waals surface area contributed by atoms with Gasteiger partial charge in [0.15, 0.2) is 18.1 Å². The Bertz CT molecular complexity index is 1790. The van der Waals surface area contributed by atoms with Crippen molar-refractivity contribution in [1.29, 1.82) is 5.26 Å². The summed E-state index contributed by atoms with van der Waals surface area (Å²) in [5.74, 6) is 2.59. The van der Waals surface area contributed by atoms with Gasteiger partial charge < -0.3 is 24.1 Å². The number of benzene rings is 2. The molecule has 250 valence electrons. The number of rotatable bonds is 12. The molecule has 0 radical (unpaired) electrons. The van der Waals surface area contributed by atoms with Crippen LogP contribution in [0.5, 0.6) is 11.5 Å². The van der Waals surface area contributed by atoms with Crippen LogP contribution in [0.15, 0.2) is 58.4 Å². The standard InChI is InChI=1S/C37H41N5O6/c1-23-10-28(21-46-2)31(18-38)36(45)42(23)20-34(43)41-39-19-24-4-9-32(33(14-24)47-3)48-22-35(44)40-30-7-5-29(6-8-30)37-15-25-11-26(16-37)13-27(12-25)17-37/h4-10,14,19,25-27H,11-13,15-17,20-22H2,1-3H3,(H,40,44)(H,41,43)/b39-19-. The Balaban J connectivity index is 1.01. The molecule has 2 amide bonds. The zero-order valence-corrected chi connectivity index (χ0v) is 27.6. The summed E-state index contributed by atoms with van der Waals surface area (Å²) in [4.78, 5) is 38.0. The molecule has 48 heavy (non-hydrogen) atoms. The van der Waals surface area contributed by atoms with E-state index in [9.17, 15) is 19.6 Å². The van der Waals surface area contributed by atoms with E-state index in [-0.39, 0.29) is 31.2 Å². The third-order valence-corrected chi connectivity index (χ3v) is 10.1. The summed E-state index contributed by atoms with van der Waals surface area (Å²) < 4.78 is 17.5. The number of nitrogens with one attached hydrogen (secondary N) is 2. The van der Waals surface area contributed by atoms with Crippen molar-refractivity contribution in [2.75, 3.05) is 26.1 Å². The highest BCUT2D eigenvalue weighted by molar-refractivity contribution is 5.92. The van der Waals surface area contributed by atoms with Crippen LogP contribution < -0.4 is 25.8 Å². The molecule has 7 rings (SSSR count). The van der Waals surface area contributed by atoms with E-state index in [1.165, 1.54) is 69.1 Å². The summed E-state index contributed by atoms with van der Waals surface area (Å²) in [6, 6.07) is 17.0. The highest BCUT2D eigenvalue weighted by atomic mass is 16.5. The van der Waals surface area contributed by atoms with Crippen LogP contribution in [0.1, 0.15) is 66.5 Å². The summed E-state index contributed by atoms with van der Waals surface area (Å²) in [5, 5.41) is 16.3. The van der Waals surface area contributed by atoms with Crippen molar-refractivity contribution in [1.82, 2.24) is 9.99 Å². The van der Waals surface area contributed by atoms with Crippen molar-refractivity contribution in [3.63, 3.8) is 0 Å². The van der Waals surface area contributed by atoms with Crippen LogP contribution in [0.25, 0.3) is 0 Å². The average Bonchev–Trinajstić information content (AvgIpc) is 3.06. The molecule has 2 N–H and O–H groups in total. The van der Waals surface area contributed by atoms with E-state index in [2.05, 4.69) is 28.0 Å². The van der Waals surface area contributed by atoms with Gasteiger partial charge in [-0.2, -0.15) is 10.4 Å². The Kier molecular flexibility index (Phi) is 9.64. The normalized spacial score (nSPS) is 22.3. The molecule has 2 aromatic carbocycles. The van der Waals surface area contributed by atoms with Gasteiger partial charge in [-0.15, -0.1) is 0 Å². The Labute approximate surface area is 279 Å². The van der Waals surface area contributed by atoms with Crippen molar-refractivity contribution in [3.8, 4) is 17.6 Å². The summed E-state index contributed by atoms with van der Waals surface area (Å²) in [5.41, 5.74) is 5.84. The van der Waals surface area contributed by atoms with Crippen molar-refractivity contribution in [2.24, 2.45) is 22.9 Å². The van der Waals surface area contributed by atoms with Gasteiger partial charge >= 0.3 is 0 Å². The van der Waals surface area contributed by atoms with Gasteiger partial charge in [0.1, 0.15) is 18.2 Å². The minimum Gasteiger partial charge on any atom is -0.493 e. The maximum Gasteiger partial charge on any atom is 0.269 e. The Hall–Kier alpha value is -4.95. The van der Waals surface area contributed by atoms with Gasteiger partial charge in [-0.1, -0.05) is 12.1 Å². The smallest absolute Gasteiger partial charge is 0.269 e. The highest BCUT2D eigenvalue weighted by Crippen LogP contribution is 2.60. The molecule has 1 aromatic heterocycles. The second-order valence-electron chi connectivity index (χ2n) is 13.4. The first-order valence-corrected chi connectivity index (χ1v) is 16.4. The first-order valence-electron chi connectivity index (χ1n) is 16.4. The number of methoxy groups -OCH3 is 2. The van der Waals surface area contributed by atoms with E-state index >= 15 is 0 Å². The molecule has 0 spiro atoms. The molecule has 11 nitrogen and oxygen atoms in total. The molecule has 0 aliphatic heterocycles. The van der Waals surface area contributed by atoms with Crippen LogP contribution in [0.3, 0.4) is 0 Å². The molecule has 3 aromatic rings. The number of hydrogen-bond donors (Lipinski definition) is 2. The number of anilines is 1. The molecule has 1 heterocycles. The van der Waals surface area contributed by atoms with E-state index < -0.39 is 11.5 Å². The molecule has 4 bridgehead atoms. The van der Waals surface area contributed by atoms with E-state index in [0.29, 0.717) is 33.7 Å². The molecule has 0 atom stereocenters. The molecule has 0 unspecified atom stereocenters. The van der Waals surface area contributed by atoms with Crippen molar-refractivity contribution < 1.29 is 23.8 Å². The summed E-state index contributed by atoms with van der Waals surface area (Å²) >= 11 is 0. The number of ether oxygens (including phenoxy) is 3. The van der Waals surface area contributed by atoms with Crippen molar-refractivity contribution >= 4 is 23.7 Å². The van der Waals surface area contributed by atoms with Gasteiger partial charge in [-0.3, -0.25) is 14.4 Å². The monoisotopic (exact) mass is 651 g/mol. The lowest BCUT2D eigenvalue weighted by Gasteiger charge is -2.57. The second-order valence-corrected chi connectivity index (χ2v) is 13.4. The Morgan fingerprint density at radius 3 is 2.31 bits per heavy atom. The summed E-state index contributed by atoms with van der Waals surface area (Å²) in [6.07, 6.45) is 9.56. The van der Waals surface area contributed by atoms with Crippen molar-refractivity contribution in [2.45, 2.75) is 64.0 Å². The highest BCUT2D eigenvalue weighted by Gasteiger charge is 2.51. The fourth-order valence-corrected chi connectivity index (χ4v) is 8.37. The lowest BCUT2D eigenvalue weighted by Crippen LogP contribution is -2.48. The number of carbonyl (C=O) groups excluding carboxylic acids is 2. The van der Waals surface area contributed by atoms with Crippen LogP contribution in [0.4, 0.5) is 5.69 Å². The third-order valence-electron chi connectivity index (χ3n) is 10.1. The van der Waals surface area contributed by atoms with Gasteiger partial charge in [0.25, 0.3) is 17.4 Å². The van der Waals surface area contributed by atoms with Crippen LogP contribution in [-0.2, 0) is 32.9 Å². The number of nitriles is 1. The van der Waals surface area contributed by atoms with E-state index in [1.807, 2.05) is 18.2 Å². The first-order chi connectivity index (χ1) is 23.2. The third kappa shape index (κ3) is 6.99. The Morgan fingerprint density at radius 2 is 1.69 bits per heavy atom. The van der Waals surface area contributed by atoms with E-state index in [4.69, 9.17) is 14.2 Å². The number of hydrogen-bond acceptors (Lipinski definition) is 8. The minimum absolute atomic E-state index is 0.0632. The molecule has 0 saturated heterocycles. The molecular weight excluding hydrogens is 610 g/mol. The van der Waals surface area contributed by atoms with Gasteiger partial charge in [-0.25, -0.2) is 5.43 Å². The number of carbonyl (C=O) groups is 2. The van der Waals surface area contributed by atoms with Crippen LogP contribution in [-0.4, -0.2) is 43.4 Å². The van der Waals surface area contributed by atoms with Crippen LogP contribution in [0.2, 0.25) is 0 Å². The average molecular weight is 652 g/mol. The molecule has 4 fully saturated rings. The van der Waals surface area contributed by atoms with Crippen LogP contribution >= 0.6 is 0 Å². The minimum atomic E-state index is -0.567. The molecule has 4 saturated carbocycles. The summed E-state index contributed by atoms with van der Waals surface area (Å²) in [7, 11) is 2.97. The predicted molar refractivity (Wildman–Crippen MR) is 180 cm³/mol. The number of aromatic nitrogens is 1. The lowest BCUT2D eigenvalue weighted by atomic mass is 9.48. The second kappa shape index (κ2) is 14.0. The number of amides is 2.